The lowest BCUT2D eigenvalue weighted by Crippen LogP contribution is -1.91. The van der Waals surface area contributed by atoms with Crippen molar-refractivity contribution in [3.8, 4) is 17.2 Å². The minimum absolute atomic E-state index is 0.667. The Balaban J connectivity index is 2.28. The van der Waals surface area contributed by atoms with Crippen LogP contribution in [0.4, 0.5) is 5.69 Å². The van der Waals surface area contributed by atoms with Crippen LogP contribution in [0.3, 0.4) is 0 Å². The molecule has 0 spiro atoms. The molecule has 21 heavy (non-hydrogen) atoms. The first kappa shape index (κ1) is 14.8. The Bertz CT molecular complexity index is 628. The van der Waals surface area contributed by atoms with Gasteiger partial charge in [-0.2, -0.15) is 0 Å². The first-order valence-corrected chi connectivity index (χ1v) is 6.51. The Morgan fingerprint density at radius 2 is 1.38 bits per heavy atom. The smallest absolute Gasteiger partial charge is 0.123 e. The molecular weight excluding hydrogens is 266 g/mol. The van der Waals surface area contributed by atoms with Crippen LogP contribution in [0, 0.1) is 0 Å². The Morgan fingerprint density at radius 1 is 0.762 bits per heavy atom. The number of rotatable bonds is 5. The van der Waals surface area contributed by atoms with Crippen LogP contribution in [0.15, 0.2) is 36.4 Å². The molecule has 0 aliphatic heterocycles. The first-order valence-electron chi connectivity index (χ1n) is 6.51. The molecule has 0 radical (unpaired) electrons. The highest BCUT2D eigenvalue weighted by Crippen LogP contribution is 2.25. The SMILES string of the molecule is COc1cc(/C=C/c2ccc(OC)cc2N)cc(OC)c1. The maximum absolute atomic E-state index is 5.99. The zero-order chi connectivity index (χ0) is 15.2. The third-order valence-corrected chi connectivity index (χ3v) is 3.12. The first-order chi connectivity index (χ1) is 10.2. The fourth-order valence-electron chi connectivity index (χ4n) is 1.94. The zero-order valence-electron chi connectivity index (χ0n) is 12.4. The minimum Gasteiger partial charge on any atom is -0.497 e. The number of hydrogen-bond donors (Lipinski definition) is 1. The van der Waals surface area contributed by atoms with Gasteiger partial charge in [-0.05, 0) is 35.4 Å². The molecule has 110 valence electrons. The second kappa shape index (κ2) is 6.70. The second-order valence-corrected chi connectivity index (χ2v) is 4.47. The fourth-order valence-corrected chi connectivity index (χ4v) is 1.94. The Labute approximate surface area is 124 Å². The van der Waals surface area contributed by atoms with Gasteiger partial charge in [0.1, 0.15) is 17.2 Å². The van der Waals surface area contributed by atoms with Crippen LogP contribution in [0.1, 0.15) is 11.1 Å². The number of hydrogen-bond acceptors (Lipinski definition) is 4. The molecule has 2 aromatic rings. The van der Waals surface area contributed by atoms with Gasteiger partial charge in [-0.25, -0.2) is 0 Å². The molecule has 0 unspecified atom stereocenters. The summed E-state index contributed by atoms with van der Waals surface area (Å²) in [6, 6.07) is 11.3. The van der Waals surface area contributed by atoms with Crippen LogP contribution >= 0.6 is 0 Å². The maximum atomic E-state index is 5.99. The highest BCUT2D eigenvalue weighted by atomic mass is 16.5. The van der Waals surface area contributed by atoms with Crippen molar-refractivity contribution in [1.29, 1.82) is 0 Å². The van der Waals surface area contributed by atoms with Crippen LogP contribution < -0.4 is 19.9 Å². The Morgan fingerprint density at radius 3 is 1.90 bits per heavy atom. The Hall–Kier alpha value is -2.62. The van der Waals surface area contributed by atoms with E-state index >= 15 is 0 Å². The van der Waals surface area contributed by atoms with Gasteiger partial charge >= 0.3 is 0 Å². The van der Waals surface area contributed by atoms with Gasteiger partial charge in [0.2, 0.25) is 0 Å². The summed E-state index contributed by atoms with van der Waals surface area (Å²) in [6.45, 7) is 0. The van der Waals surface area contributed by atoms with Gasteiger partial charge in [0.05, 0.1) is 21.3 Å². The van der Waals surface area contributed by atoms with Crippen molar-refractivity contribution < 1.29 is 14.2 Å². The van der Waals surface area contributed by atoms with Gasteiger partial charge in [0.25, 0.3) is 0 Å². The molecule has 0 fully saturated rings. The highest BCUT2D eigenvalue weighted by Gasteiger charge is 2.01. The van der Waals surface area contributed by atoms with Gasteiger partial charge < -0.3 is 19.9 Å². The molecule has 2 rings (SSSR count). The van der Waals surface area contributed by atoms with Crippen molar-refractivity contribution in [3.63, 3.8) is 0 Å². The van der Waals surface area contributed by atoms with Gasteiger partial charge in [-0.15, -0.1) is 0 Å². The molecule has 0 heterocycles. The molecular formula is C17H19NO3. The molecule has 2 aromatic carbocycles. The summed E-state index contributed by atoms with van der Waals surface area (Å²) in [5, 5.41) is 0. The van der Waals surface area contributed by atoms with Crippen LogP contribution in [0.25, 0.3) is 12.2 Å². The van der Waals surface area contributed by atoms with E-state index in [4.69, 9.17) is 19.9 Å². The van der Waals surface area contributed by atoms with Crippen molar-refractivity contribution in [3.05, 3.63) is 47.5 Å². The molecule has 0 saturated carbocycles. The van der Waals surface area contributed by atoms with Gasteiger partial charge in [0.15, 0.2) is 0 Å². The molecule has 0 aromatic heterocycles. The average molecular weight is 285 g/mol. The lowest BCUT2D eigenvalue weighted by Gasteiger charge is -2.06. The minimum atomic E-state index is 0.667. The fraction of sp³-hybridized carbons (Fsp3) is 0.176. The standard InChI is InChI=1S/C17H19NO3/c1-19-14-7-6-13(17(18)11-14)5-4-12-8-15(20-2)10-16(9-12)21-3/h4-11H,18H2,1-3H3/b5-4+. The van der Waals surface area contributed by atoms with E-state index in [1.54, 1.807) is 27.4 Å². The number of methoxy groups -OCH3 is 3. The predicted octanol–water partition coefficient (Wildman–Crippen LogP) is 3.47. The molecule has 0 atom stereocenters. The molecule has 0 bridgehead atoms. The molecule has 4 heteroatoms. The van der Waals surface area contributed by atoms with Crippen LogP contribution in [0.2, 0.25) is 0 Å². The lowest BCUT2D eigenvalue weighted by atomic mass is 10.1. The highest BCUT2D eigenvalue weighted by molar-refractivity contribution is 5.77. The van der Waals surface area contributed by atoms with E-state index in [1.807, 2.05) is 42.5 Å². The van der Waals surface area contributed by atoms with Crippen molar-refractivity contribution in [2.75, 3.05) is 27.1 Å². The molecule has 4 nitrogen and oxygen atoms in total. The number of ether oxygens (including phenoxy) is 3. The van der Waals surface area contributed by atoms with Gasteiger partial charge in [0, 0.05) is 17.8 Å². The van der Waals surface area contributed by atoms with Gasteiger partial charge in [-0.1, -0.05) is 12.2 Å². The number of anilines is 1. The number of nitrogens with two attached hydrogens (primary N) is 1. The van der Waals surface area contributed by atoms with Crippen LogP contribution in [-0.4, -0.2) is 21.3 Å². The van der Waals surface area contributed by atoms with E-state index in [2.05, 4.69) is 0 Å². The van der Waals surface area contributed by atoms with E-state index in [0.717, 1.165) is 28.4 Å². The maximum Gasteiger partial charge on any atom is 0.123 e. The van der Waals surface area contributed by atoms with Crippen molar-refractivity contribution in [2.24, 2.45) is 0 Å². The second-order valence-electron chi connectivity index (χ2n) is 4.47. The Kier molecular flexibility index (Phi) is 4.72. The van der Waals surface area contributed by atoms with Crippen LogP contribution in [-0.2, 0) is 0 Å². The summed E-state index contributed by atoms with van der Waals surface area (Å²) in [5.41, 5.74) is 8.56. The van der Waals surface area contributed by atoms with Gasteiger partial charge in [-0.3, -0.25) is 0 Å². The molecule has 0 saturated heterocycles. The zero-order valence-corrected chi connectivity index (χ0v) is 12.4. The summed E-state index contributed by atoms with van der Waals surface area (Å²) in [4.78, 5) is 0. The quantitative estimate of drug-likeness (QED) is 0.675. The number of nitrogen functional groups attached to an aromatic ring is 1. The normalized spacial score (nSPS) is 10.6. The average Bonchev–Trinajstić information content (AvgIpc) is 2.53. The lowest BCUT2D eigenvalue weighted by molar-refractivity contribution is 0.394. The summed E-state index contributed by atoms with van der Waals surface area (Å²) >= 11 is 0. The van der Waals surface area contributed by atoms with E-state index in [1.165, 1.54) is 0 Å². The van der Waals surface area contributed by atoms with Crippen molar-refractivity contribution in [1.82, 2.24) is 0 Å². The number of benzene rings is 2. The van der Waals surface area contributed by atoms with E-state index in [0.29, 0.717) is 5.69 Å². The predicted molar refractivity (Wildman–Crippen MR) is 85.9 cm³/mol. The molecule has 0 aliphatic rings. The summed E-state index contributed by atoms with van der Waals surface area (Å²) in [7, 11) is 4.88. The molecule has 0 aliphatic carbocycles. The molecule has 0 amide bonds. The summed E-state index contributed by atoms with van der Waals surface area (Å²) in [5.74, 6) is 2.24. The largest absolute Gasteiger partial charge is 0.497 e. The topological polar surface area (TPSA) is 53.7 Å². The summed E-state index contributed by atoms with van der Waals surface area (Å²) in [6.07, 6.45) is 3.91. The van der Waals surface area contributed by atoms with Crippen LogP contribution in [0.5, 0.6) is 17.2 Å². The van der Waals surface area contributed by atoms with E-state index in [-0.39, 0.29) is 0 Å². The van der Waals surface area contributed by atoms with E-state index in [9.17, 15) is 0 Å². The van der Waals surface area contributed by atoms with Crippen molar-refractivity contribution in [2.45, 2.75) is 0 Å². The third-order valence-electron chi connectivity index (χ3n) is 3.12. The third kappa shape index (κ3) is 3.69. The van der Waals surface area contributed by atoms with E-state index < -0.39 is 0 Å². The summed E-state index contributed by atoms with van der Waals surface area (Å²) < 4.78 is 15.6. The monoisotopic (exact) mass is 285 g/mol. The molecule has 2 N–H and O–H groups in total. The van der Waals surface area contributed by atoms with Crippen molar-refractivity contribution >= 4 is 17.8 Å².